The van der Waals surface area contributed by atoms with Gasteiger partial charge in [-0.3, -0.25) is 0 Å². The van der Waals surface area contributed by atoms with E-state index in [1.807, 2.05) is 0 Å². The van der Waals surface area contributed by atoms with Crippen LogP contribution in [0.15, 0.2) is 30.3 Å². The van der Waals surface area contributed by atoms with Crippen LogP contribution in [0.25, 0.3) is 0 Å². The molecule has 0 amide bonds. The summed E-state index contributed by atoms with van der Waals surface area (Å²) >= 11 is 0. The van der Waals surface area contributed by atoms with E-state index in [1.54, 1.807) is 0 Å². The molecule has 1 aliphatic rings. The summed E-state index contributed by atoms with van der Waals surface area (Å²) in [5, 5.41) is 39.1. The molecule has 0 spiro atoms. The Morgan fingerprint density at radius 3 is 2.33 bits per heavy atom. The lowest BCUT2D eigenvalue weighted by molar-refractivity contribution is -0.411. The molecule has 118 valence electrons. The Morgan fingerprint density at radius 2 is 1.81 bits per heavy atom. The van der Waals surface area contributed by atoms with Crippen molar-refractivity contribution in [3.8, 4) is 0 Å². The van der Waals surface area contributed by atoms with Crippen molar-refractivity contribution in [1.29, 1.82) is 0 Å². The van der Waals surface area contributed by atoms with E-state index in [4.69, 9.17) is 9.84 Å². The summed E-state index contributed by atoms with van der Waals surface area (Å²) in [6.07, 6.45) is -5.09. The highest BCUT2D eigenvalue weighted by atomic mass is 19.3. The predicted octanol–water partition coefficient (Wildman–Crippen LogP) is 0.216. The van der Waals surface area contributed by atoms with Gasteiger partial charge >= 0.3 is 5.92 Å². The van der Waals surface area contributed by atoms with E-state index < -0.39 is 48.1 Å². The molecule has 4 N–H and O–H groups in total. The number of hydrogen-bond donors (Lipinski definition) is 4. The van der Waals surface area contributed by atoms with Gasteiger partial charge in [0.15, 0.2) is 0 Å². The topological polar surface area (TPSA) is 90.2 Å². The van der Waals surface area contributed by atoms with Gasteiger partial charge in [0.05, 0.1) is 18.8 Å². The fraction of sp³-hybridized carbons (Fsp3) is 0.571. The molecule has 0 bridgehead atoms. The molecule has 0 aromatic heterocycles. The third-order valence-corrected chi connectivity index (χ3v) is 3.95. The van der Waals surface area contributed by atoms with E-state index in [0.717, 1.165) is 12.1 Å². The first kappa shape index (κ1) is 16.3. The maximum atomic E-state index is 14.6. The fourth-order valence-corrected chi connectivity index (χ4v) is 2.46. The van der Waals surface area contributed by atoms with Crippen molar-refractivity contribution < 1.29 is 33.9 Å². The molecule has 21 heavy (non-hydrogen) atoms. The first-order valence-corrected chi connectivity index (χ1v) is 6.56. The van der Waals surface area contributed by atoms with Crippen LogP contribution < -0.4 is 0 Å². The second kappa shape index (κ2) is 5.58. The van der Waals surface area contributed by atoms with Crippen molar-refractivity contribution in [2.45, 2.75) is 36.9 Å². The van der Waals surface area contributed by atoms with Gasteiger partial charge in [0.1, 0.15) is 6.10 Å². The lowest BCUT2D eigenvalue weighted by Gasteiger charge is -2.48. The SMILES string of the molecule is C[C@H]1[C@H](O)[C@@H](O)[C@](O)(C(F)(F)c2ccccc2)O[C@@H]1CO. The minimum atomic E-state index is -3.97. The van der Waals surface area contributed by atoms with Crippen molar-refractivity contribution in [3.05, 3.63) is 35.9 Å². The Hall–Kier alpha value is -1.12. The number of ether oxygens (including phenoxy) is 1. The van der Waals surface area contributed by atoms with Crippen LogP contribution in [0, 0.1) is 5.92 Å². The molecule has 5 nitrogen and oxygen atoms in total. The maximum absolute atomic E-state index is 14.6. The van der Waals surface area contributed by atoms with Gasteiger partial charge in [-0.25, -0.2) is 0 Å². The fourth-order valence-electron chi connectivity index (χ4n) is 2.46. The lowest BCUT2D eigenvalue weighted by Crippen LogP contribution is -2.68. The van der Waals surface area contributed by atoms with Gasteiger partial charge < -0.3 is 25.2 Å². The van der Waals surface area contributed by atoms with Crippen molar-refractivity contribution in [3.63, 3.8) is 0 Å². The summed E-state index contributed by atoms with van der Waals surface area (Å²) in [4.78, 5) is 0. The number of aliphatic hydroxyl groups is 4. The monoisotopic (exact) mass is 304 g/mol. The smallest absolute Gasteiger partial charge is 0.328 e. The van der Waals surface area contributed by atoms with Crippen LogP contribution in [0.4, 0.5) is 8.78 Å². The van der Waals surface area contributed by atoms with E-state index in [1.165, 1.54) is 25.1 Å². The third-order valence-electron chi connectivity index (χ3n) is 3.95. The van der Waals surface area contributed by atoms with Gasteiger partial charge in [-0.1, -0.05) is 37.3 Å². The number of benzene rings is 1. The molecule has 0 aliphatic carbocycles. The molecule has 0 unspecified atom stereocenters. The zero-order valence-electron chi connectivity index (χ0n) is 11.4. The van der Waals surface area contributed by atoms with E-state index in [9.17, 15) is 24.1 Å². The summed E-state index contributed by atoms with van der Waals surface area (Å²) in [5.41, 5.74) is -0.565. The second-order valence-corrected chi connectivity index (χ2v) is 5.27. The number of halogens is 2. The quantitative estimate of drug-likeness (QED) is 0.641. The van der Waals surface area contributed by atoms with Crippen LogP contribution in [-0.4, -0.2) is 51.1 Å². The molecule has 1 fully saturated rings. The van der Waals surface area contributed by atoms with Crippen molar-refractivity contribution in [1.82, 2.24) is 0 Å². The normalized spacial score (nSPS) is 37.5. The van der Waals surface area contributed by atoms with Crippen LogP contribution in [0.1, 0.15) is 12.5 Å². The molecular formula is C14H18F2O5. The third kappa shape index (κ3) is 2.45. The van der Waals surface area contributed by atoms with Gasteiger partial charge in [-0.05, 0) is 0 Å². The summed E-state index contributed by atoms with van der Waals surface area (Å²) in [6, 6.07) is 6.38. The maximum Gasteiger partial charge on any atom is 0.328 e. The van der Waals surface area contributed by atoms with Gasteiger partial charge in [0.25, 0.3) is 5.79 Å². The highest BCUT2D eigenvalue weighted by Crippen LogP contribution is 2.46. The Kier molecular flexibility index (Phi) is 4.32. The highest BCUT2D eigenvalue weighted by Gasteiger charge is 2.65. The average Bonchev–Trinajstić information content (AvgIpc) is 2.49. The molecule has 1 aliphatic heterocycles. The Labute approximate surface area is 120 Å². The minimum absolute atomic E-state index is 0.565. The van der Waals surface area contributed by atoms with Crippen molar-refractivity contribution >= 4 is 0 Å². The van der Waals surface area contributed by atoms with Gasteiger partial charge in [-0.2, -0.15) is 8.78 Å². The summed E-state index contributed by atoms with van der Waals surface area (Å²) < 4.78 is 34.0. The van der Waals surface area contributed by atoms with Gasteiger partial charge in [-0.15, -0.1) is 0 Å². The molecule has 5 atom stereocenters. The summed E-state index contributed by atoms with van der Waals surface area (Å²) in [6.45, 7) is 0.757. The first-order chi connectivity index (χ1) is 9.75. The lowest BCUT2D eigenvalue weighted by atomic mass is 9.82. The molecule has 1 aromatic rings. The van der Waals surface area contributed by atoms with Gasteiger partial charge in [0, 0.05) is 11.5 Å². The number of aliphatic hydroxyl groups excluding tert-OH is 3. The van der Waals surface area contributed by atoms with E-state index in [2.05, 4.69) is 0 Å². The van der Waals surface area contributed by atoms with Gasteiger partial charge in [0.2, 0.25) is 0 Å². The minimum Gasteiger partial charge on any atom is -0.394 e. The standard InChI is InChI=1S/C14H18F2O5/c1-8-10(7-17)21-14(20,12(19)11(8)18)13(15,16)9-5-3-2-4-6-9/h2-6,8,10-12,17-20H,7H2,1H3/t8-,10-,11+,12-,14-/m1/s1. The second-order valence-electron chi connectivity index (χ2n) is 5.27. The largest absolute Gasteiger partial charge is 0.394 e. The van der Waals surface area contributed by atoms with Crippen molar-refractivity contribution in [2.75, 3.05) is 6.61 Å². The van der Waals surface area contributed by atoms with Crippen LogP contribution in [0.5, 0.6) is 0 Å². The van der Waals surface area contributed by atoms with Crippen LogP contribution in [-0.2, 0) is 10.7 Å². The average molecular weight is 304 g/mol. The van der Waals surface area contributed by atoms with E-state index >= 15 is 0 Å². The molecule has 1 aromatic carbocycles. The zero-order chi connectivity index (χ0) is 15.8. The summed E-state index contributed by atoms with van der Waals surface area (Å²) in [5.74, 6) is -8.10. The highest BCUT2D eigenvalue weighted by molar-refractivity contribution is 5.24. The molecule has 1 saturated heterocycles. The molecule has 0 saturated carbocycles. The van der Waals surface area contributed by atoms with E-state index in [0.29, 0.717) is 0 Å². The van der Waals surface area contributed by atoms with Crippen molar-refractivity contribution in [2.24, 2.45) is 5.92 Å². The zero-order valence-corrected chi connectivity index (χ0v) is 11.4. The van der Waals surface area contributed by atoms with Crippen LogP contribution >= 0.6 is 0 Å². The Morgan fingerprint density at radius 1 is 1.24 bits per heavy atom. The molecule has 2 rings (SSSR count). The molecule has 0 radical (unpaired) electrons. The molecular weight excluding hydrogens is 286 g/mol. The van der Waals surface area contributed by atoms with Crippen LogP contribution in [0.2, 0.25) is 0 Å². The molecule has 1 heterocycles. The summed E-state index contributed by atoms with van der Waals surface area (Å²) in [7, 11) is 0. The predicted molar refractivity (Wildman–Crippen MR) is 68.4 cm³/mol. The number of rotatable bonds is 3. The van der Waals surface area contributed by atoms with Crippen LogP contribution in [0.3, 0.4) is 0 Å². The Balaban J connectivity index is 2.43. The number of hydrogen-bond acceptors (Lipinski definition) is 5. The van der Waals surface area contributed by atoms with E-state index in [-0.39, 0.29) is 0 Å². The molecule has 7 heteroatoms. The number of alkyl halides is 2. The first-order valence-electron chi connectivity index (χ1n) is 6.56. The Bertz CT molecular complexity index is 482.